The van der Waals surface area contributed by atoms with Crippen molar-refractivity contribution >= 4 is 46.3 Å². The van der Waals surface area contributed by atoms with Gasteiger partial charge in [-0.3, -0.25) is 9.59 Å². The molecule has 1 aromatic heterocycles. The van der Waals surface area contributed by atoms with Gasteiger partial charge < -0.3 is 9.88 Å². The van der Waals surface area contributed by atoms with Gasteiger partial charge in [-0.15, -0.1) is 0 Å². The van der Waals surface area contributed by atoms with Crippen molar-refractivity contribution in [3.8, 4) is 5.69 Å². The minimum atomic E-state index is -0.347. The molecule has 3 rings (SSSR count). The first-order valence-electron chi connectivity index (χ1n) is 9.01. The highest BCUT2D eigenvalue weighted by atomic mass is 127. The molecule has 0 bridgehead atoms. The molecule has 0 aliphatic heterocycles. The molecule has 0 atom stereocenters. The largest absolute Gasteiger partial charge is 0.326 e. The first-order valence-corrected chi connectivity index (χ1v) is 10.1. The zero-order chi connectivity index (χ0) is 21.0. The van der Waals surface area contributed by atoms with Crippen LogP contribution >= 0.6 is 22.6 Å². The molecule has 0 saturated heterocycles. The molecule has 7 heteroatoms. The number of benzene rings is 2. The molecule has 0 spiro atoms. The summed E-state index contributed by atoms with van der Waals surface area (Å²) in [5, 5.41) is 6.76. The summed E-state index contributed by atoms with van der Waals surface area (Å²) in [4.78, 5) is 23.5. The van der Waals surface area contributed by atoms with Gasteiger partial charge in [0.1, 0.15) is 0 Å². The number of carbonyl (C=O) groups is 2. The topological polar surface area (TPSA) is 75.5 Å². The predicted octanol–water partition coefficient (Wildman–Crippen LogP) is 4.42. The molecule has 0 radical (unpaired) electrons. The van der Waals surface area contributed by atoms with Gasteiger partial charge >= 0.3 is 0 Å². The molecule has 2 aromatic carbocycles. The zero-order valence-electron chi connectivity index (χ0n) is 16.4. The second-order valence-electron chi connectivity index (χ2n) is 6.60. The Hall–Kier alpha value is -2.94. The molecule has 0 unspecified atom stereocenters. The number of nitrogens with zero attached hydrogens (tertiary/aromatic N) is 2. The van der Waals surface area contributed by atoms with E-state index in [1.807, 2.05) is 19.9 Å². The van der Waals surface area contributed by atoms with Crippen molar-refractivity contribution in [2.45, 2.75) is 20.8 Å². The standard InChI is InChI=1S/C22H21IN4O2/c1-14-11-18(15(2)27(14)21-9-7-19(23)8-10-21)13-24-26-22(29)17-5-4-6-20(12-17)25-16(3)28/h4-13H,1-3H3,(H,25,28)(H,26,29)/b24-13-. The number of rotatable bonds is 5. The summed E-state index contributed by atoms with van der Waals surface area (Å²) in [6.07, 6.45) is 1.64. The number of aromatic nitrogens is 1. The molecule has 148 valence electrons. The van der Waals surface area contributed by atoms with Crippen LogP contribution in [0, 0.1) is 17.4 Å². The molecule has 6 nitrogen and oxygen atoms in total. The predicted molar refractivity (Wildman–Crippen MR) is 124 cm³/mol. The maximum Gasteiger partial charge on any atom is 0.271 e. The molecule has 0 fully saturated rings. The average Bonchev–Trinajstić information content (AvgIpc) is 2.96. The molecule has 0 aliphatic rings. The van der Waals surface area contributed by atoms with Gasteiger partial charge in [0.05, 0.1) is 6.21 Å². The Kier molecular flexibility index (Phi) is 6.48. The number of hydrogen-bond acceptors (Lipinski definition) is 3. The second kappa shape index (κ2) is 9.04. The van der Waals surface area contributed by atoms with E-state index in [2.05, 4.69) is 67.3 Å². The number of anilines is 1. The van der Waals surface area contributed by atoms with E-state index in [1.54, 1.807) is 30.5 Å². The molecule has 3 aromatic rings. The molecular formula is C22H21IN4O2. The van der Waals surface area contributed by atoms with E-state index in [-0.39, 0.29) is 11.8 Å². The van der Waals surface area contributed by atoms with E-state index in [9.17, 15) is 9.59 Å². The summed E-state index contributed by atoms with van der Waals surface area (Å²) in [7, 11) is 0. The molecule has 2 N–H and O–H groups in total. The van der Waals surface area contributed by atoms with Crippen molar-refractivity contribution in [1.29, 1.82) is 0 Å². The fourth-order valence-corrected chi connectivity index (χ4v) is 3.43. The lowest BCUT2D eigenvalue weighted by Gasteiger charge is -2.09. The number of nitrogens with one attached hydrogen (secondary N) is 2. The van der Waals surface area contributed by atoms with Crippen LogP contribution < -0.4 is 10.7 Å². The van der Waals surface area contributed by atoms with Crippen LogP contribution in [0.15, 0.2) is 59.7 Å². The van der Waals surface area contributed by atoms with E-state index in [1.165, 1.54) is 10.5 Å². The third-order valence-electron chi connectivity index (χ3n) is 4.37. The van der Waals surface area contributed by atoms with E-state index in [0.29, 0.717) is 11.3 Å². The molecule has 29 heavy (non-hydrogen) atoms. The fourth-order valence-electron chi connectivity index (χ4n) is 3.07. The van der Waals surface area contributed by atoms with E-state index in [4.69, 9.17) is 0 Å². The van der Waals surface area contributed by atoms with E-state index < -0.39 is 0 Å². The normalized spacial score (nSPS) is 10.9. The van der Waals surface area contributed by atoms with Crippen molar-refractivity contribution in [2.75, 3.05) is 5.32 Å². The van der Waals surface area contributed by atoms with Crippen LogP contribution in [0.25, 0.3) is 5.69 Å². The summed E-state index contributed by atoms with van der Waals surface area (Å²) in [5.41, 5.74) is 7.64. The van der Waals surface area contributed by atoms with Gasteiger partial charge in [-0.05, 0) is 85.0 Å². The molecule has 0 saturated carbocycles. The highest BCUT2D eigenvalue weighted by Crippen LogP contribution is 2.20. The van der Waals surface area contributed by atoms with Crippen LogP contribution in [0.2, 0.25) is 0 Å². The first-order chi connectivity index (χ1) is 13.8. The maximum absolute atomic E-state index is 12.3. The summed E-state index contributed by atoms with van der Waals surface area (Å²) < 4.78 is 3.33. The van der Waals surface area contributed by atoms with E-state index >= 15 is 0 Å². The summed E-state index contributed by atoms with van der Waals surface area (Å²) in [5.74, 6) is -0.538. The van der Waals surface area contributed by atoms with E-state index in [0.717, 1.165) is 22.6 Å². The van der Waals surface area contributed by atoms with Gasteiger partial charge in [-0.1, -0.05) is 6.07 Å². The number of hydrogen-bond donors (Lipinski definition) is 2. The fraction of sp³-hybridized carbons (Fsp3) is 0.136. The first kappa shape index (κ1) is 20.8. The average molecular weight is 500 g/mol. The van der Waals surface area contributed by atoms with Crippen LogP contribution in [-0.2, 0) is 4.79 Å². The van der Waals surface area contributed by atoms with Gasteiger partial charge in [0.15, 0.2) is 0 Å². The van der Waals surface area contributed by atoms with Crippen LogP contribution in [0.1, 0.15) is 34.2 Å². The summed E-state index contributed by atoms with van der Waals surface area (Å²) in [6, 6.07) is 17.0. The lowest BCUT2D eigenvalue weighted by atomic mass is 10.2. The Morgan fingerprint density at radius 1 is 1.07 bits per heavy atom. The van der Waals surface area contributed by atoms with Gasteiger partial charge in [-0.25, -0.2) is 5.43 Å². The Labute approximate surface area is 183 Å². The number of halogens is 1. The highest BCUT2D eigenvalue weighted by molar-refractivity contribution is 14.1. The SMILES string of the molecule is CC(=O)Nc1cccc(C(=O)N/N=C\c2cc(C)n(-c3ccc(I)cc3)c2C)c1. The van der Waals surface area contributed by atoms with Gasteiger partial charge in [0.25, 0.3) is 5.91 Å². The third-order valence-corrected chi connectivity index (χ3v) is 5.09. The van der Waals surface area contributed by atoms with Gasteiger partial charge in [-0.2, -0.15) is 5.10 Å². The van der Waals surface area contributed by atoms with Gasteiger partial charge in [0.2, 0.25) is 5.91 Å². The maximum atomic E-state index is 12.3. The van der Waals surface area contributed by atoms with Crippen molar-refractivity contribution in [2.24, 2.45) is 5.10 Å². The Morgan fingerprint density at radius 3 is 2.48 bits per heavy atom. The lowest BCUT2D eigenvalue weighted by Crippen LogP contribution is -2.18. The number of carbonyl (C=O) groups excluding carboxylic acids is 2. The monoisotopic (exact) mass is 500 g/mol. The molecule has 0 aliphatic carbocycles. The van der Waals surface area contributed by atoms with Crippen LogP contribution in [0.5, 0.6) is 0 Å². The van der Waals surface area contributed by atoms with Crippen molar-refractivity contribution < 1.29 is 9.59 Å². The Balaban J connectivity index is 1.74. The summed E-state index contributed by atoms with van der Waals surface area (Å²) in [6.45, 7) is 5.48. The smallest absolute Gasteiger partial charge is 0.271 e. The molecule has 2 amide bonds. The Bertz CT molecular complexity index is 1080. The number of amides is 2. The minimum Gasteiger partial charge on any atom is -0.326 e. The highest BCUT2D eigenvalue weighted by Gasteiger charge is 2.10. The van der Waals surface area contributed by atoms with Crippen LogP contribution in [0.4, 0.5) is 5.69 Å². The molecular weight excluding hydrogens is 479 g/mol. The Morgan fingerprint density at radius 2 is 1.79 bits per heavy atom. The quantitative estimate of drug-likeness (QED) is 0.309. The van der Waals surface area contributed by atoms with Gasteiger partial charge in [0, 0.05) is 44.4 Å². The second-order valence-corrected chi connectivity index (χ2v) is 7.85. The van der Waals surface area contributed by atoms with Crippen LogP contribution in [0.3, 0.4) is 0 Å². The summed E-state index contributed by atoms with van der Waals surface area (Å²) >= 11 is 2.28. The lowest BCUT2D eigenvalue weighted by molar-refractivity contribution is -0.114. The zero-order valence-corrected chi connectivity index (χ0v) is 18.5. The van der Waals surface area contributed by atoms with Crippen molar-refractivity contribution in [3.63, 3.8) is 0 Å². The molecule has 1 heterocycles. The van der Waals surface area contributed by atoms with Crippen LogP contribution in [-0.4, -0.2) is 22.6 Å². The third kappa shape index (κ3) is 5.11. The van der Waals surface area contributed by atoms with Crippen molar-refractivity contribution in [1.82, 2.24) is 9.99 Å². The number of hydrazone groups is 1. The number of aryl methyl sites for hydroxylation is 1. The minimum absolute atomic E-state index is 0.191. The van der Waals surface area contributed by atoms with Crippen molar-refractivity contribution in [3.05, 3.63) is 80.7 Å².